The molecule has 1 atom stereocenters. The van der Waals surface area contributed by atoms with E-state index in [0.717, 1.165) is 37.2 Å². The van der Waals surface area contributed by atoms with Crippen molar-refractivity contribution in [3.05, 3.63) is 30.0 Å². The largest absolute Gasteiger partial charge is 0.495 e. The Hall–Kier alpha value is -3.40. The molecule has 0 spiro atoms. The molecule has 10 heteroatoms. The molecule has 1 saturated heterocycles. The fourth-order valence-electron chi connectivity index (χ4n) is 5.49. The van der Waals surface area contributed by atoms with E-state index in [1.807, 2.05) is 6.92 Å². The van der Waals surface area contributed by atoms with Crippen LogP contribution in [0, 0.1) is 5.92 Å². The first kappa shape index (κ1) is 25.3. The SMILES string of the molecule is COc1cc(C(=O)NC2CCOCC2)ccc1Nc1ncc2c(n1)N(C1CCCC1)CC(C)C(=O)N2C. The lowest BCUT2D eigenvalue weighted by Gasteiger charge is -2.31. The van der Waals surface area contributed by atoms with Crippen LogP contribution in [0.3, 0.4) is 0 Å². The lowest BCUT2D eigenvalue weighted by atomic mass is 10.1. The Morgan fingerprint density at radius 1 is 1.16 bits per heavy atom. The summed E-state index contributed by atoms with van der Waals surface area (Å²) >= 11 is 0. The van der Waals surface area contributed by atoms with Crippen LogP contribution in [0.2, 0.25) is 0 Å². The predicted octanol–water partition coefficient (Wildman–Crippen LogP) is 3.50. The summed E-state index contributed by atoms with van der Waals surface area (Å²) < 4.78 is 11.0. The molecule has 3 heterocycles. The molecule has 5 rings (SSSR count). The number of hydrogen-bond acceptors (Lipinski definition) is 8. The normalized spacial score (nSPS) is 20.9. The summed E-state index contributed by atoms with van der Waals surface area (Å²) in [5, 5.41) is 6.35. The number of anilines is 4. The zero-order chi connectivity index (χ0) is 25.9. The number of methoxy groups -OCH3 is 1. The van der Waals surface area contributed by atoms with E-state index < -0.39 is 0 Å². The molecule has 2 amide bonds. The summed E-state index contributed by atoms with van der Waals surface area (Å²) in [4.78, 5) is 39.1. The minimum atomic E-state index is -0.132. The van der Waals surface area contributed by atoms with Crippen LogP contribution in [0.4, 0.5) is 23.1 Å². The summed E-state index contributed by atoms with van der Waals surface area (Å²) in [5.41, 5.74) is 1.90. The smallest absolute Gasteiger partial charge is 0.251 e. The molecule has 1 aliphatic carbocycles. The standard InChI is InChI=1S/C27H36N6O4/c1-17-16-33(20-6-4-5-7-20)24-22(32(2)26(17)35)15-28-27(31-24)30-21-9-8-18(14-23(21)36-3)25(34)29-19-10-12-37-13-11-19/h8-9,14-15,17,19-20H,4-7,10-13,16H2,1-3H3,(H,29,34)(H,28,30,31). The third-order valence-electron chi connectivity index (χ3n) is 7.64. The van der Waals surface area contributed by atoms with E-state index >= 15 is 0 Å². The predicted molar refractivity (Wildman–Crippen MR) is 142 cm³/mol. The molecule has 1 saturated carbocycles. The molecule has 2 fully saturated rings. The number of benzene rings is 1. The van der Waals surface area contributed by atoms with Crippen molar-refractivity contribution in [3.63, 3.8) is 0 Å². The van der Waals surface area contributed by atoms with Crippen LogP contribution in [-0.2, 0) is 9.53 Å². The van der Waals surface area contributed by atoms with Gasteiger partial charge in [0.1, 0.15) is 11.4 Å². The van der Waals surface area contributed by atoms with Gasteiger partial charge in [-0.3, -0.25) is 9.59 Å². The quantitative estimate of drug-likeness (QED) is 0.610. The van der Waals surface area contributed by atoms with Gasteiger partial charge in [-0.1, -0.05) is 19.8 Å². The first-order valence-electron chi connectivity index (χ1n) is 13.2. The van der Waals surface area contributed by atoms with E-state index in [0.29, 0.717) is 48.7 Å². The fraction of sp³-hybridized carbons (Fsp3) is 0.556. The molecule has 2 N–H and O–H groups in total. The second-order valence-electron chi connectivity index (χ2n) is 10.2. The van der Waals surface area contributed by atoms with E-state index in [1.165, 1.54) is 12.8 Å². The number of fused-ring (bicyclic) bond motifs is 1. The Bertz CT molecular complexity index is 1150. The molecule has 3 aliphatic rings. The molecule has 0 bridgehead atoms. The molecule has 0 radical (unpaired) electrons. The second-order valence-corrected chi connectivity index (χ2v) is 10.2. The van der Waals surface area contributed by atoms with Crippen LogP contribution in [0.5, 0.6) is 5.75 Å². The van der Waals surface area contributed by atoms with Crippen molar-refractivity contribution < 1.29 is 19.1 Å². The number of rotatable bonds is 6. The van der Waals surface area contributed by atoms with Crippen molar-refractivity contribution in [1.82, 2.24) is 15.3 Å². The van der Waals surface area contributed by atoms with E-state index in [4.69, 9.17) is 14.5 Å². The first-order chi connectivity index (χ1) is 17.9. The van der Waals surface area contributed by atoms with Gasteiger partial charge in [0.25, 0.3) is 5.91 Å². The van der Waals surface area contributed by atoms with Gasteiger partial charge >= 0.3 is 0 Å². The highest BCUT2D eigenvalue weighted by Crippen LogP contribution is 2.38. The van der Waals surface area contributed by atoms with Gasteiger partial charge in [0.15, 0.2) is 5.82 Å². The lowest BCUT2D eigenvalue weighted by molar-refractivity contribution is -0.121. The number of amides is 2. The second kappa shape index (κ2) is 10.9. The first-order valence-corrected chi connectivity index (χ1v) is 13.2. The molecule has 1 aromatic carbocycles. The highest BCUT2D eigenvalue weighted by atomic mass is 16.5. The molecule has 2 aromatic rings. The Morgan fingerprint density at radius 2 is 1.92 bits per heavy atom. The summed E-state index contributed by atoms with van der Waals surface area (Å²) in [7, 11) is 3.36. The summed E-state index contributed by atoms with van der Waals surface area (Å²) in [5.74, 6) is 1.52. The van der Waals surface area contributed by atoms with Crippen molar-refractivity contribution in [1.29, 1.82) is 0 Å². The van der Waals surface area contributed by atoms with Crippen LogP contribution in [-0.4, -0.2) is 67.8 Å². The van der Waals surface area contributed by atoms with Crippen LogP contribution in [0.15, 0.2) is 24.4 Å². The van der Waals surface area contributed by atoms with Crippen LogP contribution in [0.25, 0.3) is 0 Å². The molecular weight excluding hydrogens is 472 g/mol. The minimum absolute atomic E-state index is 0.0716. The third kappa shape index (κ3) is 5.34. The van der Waals surface area contributed by atoms with Crippen molar-refractivity contribution in [2.45, 2.75) is 57.5 Å². The number of carbonyl (C=O) groups excluding carboxylic acids is 2. The van der Waals surface area contributed by atoms with Crippen LogP contribution >= 0.6 is 0 Å². The van der Waals surface area contributed by atoms with Gasteiger partial charge < -0.3 is 29.9 Å². The van der Waals surface area contributed by atoms with Gasteiger partial charge in [0.05, 0.1) is 24.9 Å². The number of hydrogen-bond donors (Lipinski definition) is 2. The third-order valence-corrected chi connectivity index (χ3v) is 7.64. The zero-order valence-electron chi connectivity index (χ0n) is 21.8. The van der Waals surface area contributed by atoms with Crippen molar-refractivity contribution in [3.8, 4) is 5.75 Å². The zero-order valence-corrected chi connectivity index (χ0v) is 21.8. The Balaban J connectivity index is 1.39. The molecule has 198 valence electrons. The van der Waals surface area contributed by atoms with Crippen LogP contribution < -0.4 is 25.2 Å². The van der Waals surface area contributed by atoms with Crippen molar-refractivity contribution >= 4 is 35.0 Å². The topological polar surface area (TPSA) is 109 Å². The average Bonchev–Trinajstić information content (AvgIpc) is 3.43. The van der Waals surface area contributed by atoms with Crippen molar-refractivity contribution in [2.75, 3.05) is 49.0 Å². The van der Waals surface area contributed by atoms with E-state index in [-0.39, 0.29) is 23.8 Å². The molecule has 1 unspecified atom stereocenters. The number of carbonyl (C=O) groups is 2. The van der Waals surface area contributed by atoms with Gasteiger partial charge in [-0.25, -0.2) is 4.98 Å². The number of ether oxygens (including phenoxy) is 2. The van der Waals surface area contributed by atoms with Crippen molar-refractivity contribution in [2.24, 2.45) is 5.92 Å². The van der Waals surface area contributed by atoms with Crippen LogP contribution in [0.1, 0.15) is 55.8 Å². The fourth-order valence-corrected chi connectivity index (χ4v) is 5.49. The number of nitrogens with zero attached hydrogens (tertiary/aromatic N) is 4. The highest BCUT2D eigenvalue weighted by Gasteiger charge is 2.35. The monoisotopic (exact) mass is 508 g/mol. The minimum Gasteiger partial charge on any atom is -0.495 e. The Kier molecular flexibility index (Phi) is 7.45. The summed E-state index contributed by atoms with van der Waals surface area (Å²) in [6.07, 6.45) is 7.92. The number of nitrogens with one attached hydrogen (secondary N) is 2. The maximum absolute atomic E-state index is 12.9. The Morgan fingerprint density at radius 3 is 2.65 bits per heavy atom. The summed E-state index contributed by atoms with van der Waals surface area (Å²) in [6, 6.07) is 5.78. The van der Waals surface area contributed by atoms with Gasteiger partial charge in [-0.05, 0) is 43.9 Å². The number of aromatic nitrogens is 2. The molecular formula is C27H36N6O4. The maximum Gasteiger partial charge on any atom is 0.251 e. The van der Waals surface area contributed by atoms with Gasteiger partial charge in [-0.15, -0.1) is 0 Å². The lowest BCUT2D eigenvalue weighted by Crippen LogP contribution is -2.38. The molecule has 37 heavy (non-hydrogen) atoms. The Labute approximate surface area is 217 Å². The van der Waals surface area contributed by atoms with E-state index in [2.05, 4.69) is 20.5 Å². The summed E-state index contributed by atoms with van der Waals surface area (Å²) in [6.45, 7) is 3.94. The van der Waals surface area contributed by atoms with E-state index in [1.54, 1.807) is 43.5 Å². The molecule has 2 aliphatic heterocycles. The highest BCUT2D eigenvalue weighted by molar-refractivity contribution is 5.99. The van der Waals surface area contributed by atoms with Gasteiger partial charge in [0, 0.05) is 44.5 Å². The van der Waals surface area contributed by atoms with Gasteiger partial charge in [-0.2, -0.15) is 4.98 Å². The average molecular weight is 509 g/mol. The molecule has 10 nitrogen and oxygen atoms in total. The van der Waals surface area contributed by atoms with Gasteiger partial charge in [0.2, 0.25) is 11.9 Å². The maximum atomic E-state index is 12.9. The molecule has 1 aromatic heterocycles. The van der Waals surface area contributed by atoms with E-state index in [9.17, 15) is 9.59 Å².